The lowest BCUT2D eigenvalue weighted by Gasteiger charge is -2.19. The molecule has 1 aromatic heterocycles. The van der Waals surface area contributed by atoms with Crippen molar-refractivity contribution in [1.29, 1.82) is 0 Å². The Labute approximate surface area is 131 Å². The number of nitrogens with zero attached hydrogens (tertiary/aromatic N) is 1. The molecule has 2 aromatic rings. The molecular weight excluding hydrogens is 336 g/mol. The molecule has 0 radical (unpaired) electrons. The monoisotopic (exact) mass is 352 g/mol. The molecule has 3 nitrogen and oxygen atoms in total. The van der Waals surface area contributed by atoms with Crippen LogP contribution in [0, 0.1) is 0 Å². The Hall–Kier alpha value is -1.07. The second-order valence-electron chi connectivity index (χ2n) is 5.53. The molecule has 1 N–H and O–H groups in total. The SMILES string of the molecule is CC(C)(C)c1nc(CSc2ccccc2)[nH]c(=O)c1Br. The van der Waals surface area contributed by atoms with Crippen molar-refractivity contribution in [1.82, 2.24) is 9.97 Å². The highest BCUT2D eigenvalue weighted by Gasteiger charge is 2.21. The normalized spacial score (nSPS) is 11.6. The molecule has 0 aliphatic carbocycles. The molecule has 0 saturated carbocycles. The van der Waals surface area contributed by atoms with E-state index in [1.54, 1.807) is 11.8 Å². The maximum atomic E-state index is 12.0. The molecule has 0 saturated heterocycles. The van der Waals surface area contributed by atoms with E-state index in [9.17, 15) is 4.79 Å². The highest BCUT2D eigenvalue weighted by atomic mass is 79.9. The first-order chi connectivity index (χ1) is 9.38. The molecule has 20 heavy (non-hydrogen) atoms. The fourth-order valence-electron chi connectivity index (χ4n) is 1.74. The summed E-state index contributed by atoms with van der Waals surface area (Å²) in [5, 5.41) is 0. The molecule has 106 valence electrons. The number of hydrogen-bond acceptors (Lipinski definition) is 3. The minimum Gasteiger partial charge on any atom is -0.309 e. The van der Waals surface area contributed by atoms with Gasteiger partial charge in [0.15, 0.2) is 0 Å². The number of aromatic amines is 1. The summed E-state index contributed by atoms with van der Waals surface area (Å²) in [6.07, 6.45) is 0. The molecule has 0 bridgehead atoms. The van der Waals surface area contributed by atoms with Crippen LogP contribution in [-0.2, 0) is 11.2 Å². The van der Waals surface area contributed by atoms with Gasteiger partial charge >= 0.3 is 0 Å². The number of thioether (sulfide) groups is 1. The van der Waals surface area contributed by atoms with Crippen molar-refractivity contribution >= 4 is 27.7 Å². The highest BCUT2D eigenvalue weighted by molar-refractivity contribution is 9.10. The molecule has 0 amide bonds. The van der Waals surface area contributed by atoms with Crippen LogP contribution < -0.4 is 5.56 Å². The van der Waals surface area contributed by atoms with Crippen LogP contribution in [0.4, 0.5) is 0 Å². The van der Waals surface area contributed by atoms with Gasteiger partial charge in [0.2, 0.25) is 0 Å². The summed E-state index contributed by atoms with van der Waals surface area (Å²) in [6.45, 7) is 6.15. The van der Waals surface area contributed by atoms with Crippen molar-refractivity contribution in [3.63, 3.8) is 0 Å². The number of rotatable bonds is 3. The molecule has 1 heterocycles. The van der Waals surface area contributed by atoms with E-state index in [0.717, 1.165) is 10.6 Å². The van der Waals surface area contributed by atoms with E-state index in [1.165, 1.54) is 0 Å². The van der Waals surface area contributed by atoms with Crippen LogP contribution in [0.2, 0.25) is 0 Å². The third kappa shape index (κ3) is 3.73. The lowest BCUT2D eigenvalue weighted by atomic mass is 9.92. The van der Waals surface area contributed by atoms with Crippen molar-refractivity contribution in [3.05, 3.63) is 56.7 Å². The van der Waals surface area contributed by atoms with Crippen LogP contribution in [0.15, 0.2) is 44.5 Å². The first kappa shape index (κ1) is 15.3. The van der Waals surface area contributed by atoms with Gasteiger partial charge in [-0.15, -0.1) is 11.8 Å². The topological polar surface area (TPSA) is 45.8 Å². The van der Waals surface area contributed by atoms with E-state index in [1.807, 2.05) is 51.1 Å². The smallest absolute Gasteiger partial charge is 0.265 e. The van der Waals surface area contributed by atoms with Crippen molar-refractivity contribution in [2.24, 2.45) is 0 Å². The zero-order chi connectivity index (χ0) is 14.8. The molecule has 0 fully saturated rings. The summed E-state index contributed by atoms with van der Waals surface area (Å²) in [5.41, 5.74) is 0.512. The van der Waals surface area contributed by atoms with Crippen molar-refractivity contribution in [2.45, 2.75) is 36.8 Å². The minimum atomic E-state index is -0.167. The molecule has 0 aliphatic heterocycles. The Kier molecular flexibility index (Phi) is 4.70. The predicted octanol–water partition coefficient (Wildman–Crippen LogP) is 4.12. The van der Waals surface area contributed by atoms with Gasteiger partial charge in [-0.25, -0.2) is 4.98 Å². The first-order valence-electron chi connectivity index (χ1n) is 6.35. The van der Waals surface area contributed by atoms with Crippen LogP contribution >= 0.6 is 27.7 Å². The number of benzene rings is 1. The number of nitrogens with one attached hydrogen (secondary N) is 1. The van der Waals surface area contributed by atoms with Crippen LogP contribution in [-0.4, -0.2) is 9.97 Å². The molecule has 0 aliphatic rings. The van der Waals surface area contributed by atoms with Crippen molar-refractivity contribution in [3.8, 4) is 0 Å². The number of aromatic nitrogens is 2. The average molecular weight is 353 g/mol. The molecule has 0 atom stereocenters. The highest BCUT2D eigenvalue weighted by Crippen LogP contribution is 2.26. The Bertz CT molecular complexity index is 647. The maximum absolute atomic E-state index is 12.0. The van der Waals surface area contributed by atoms with Crippen LogP contribution in [0.3, 0.4) is 0 Å². The Morgan fingerprint density at radius 3 is 2.50 bits per heavy atom. The quantitative estimate of drug-likeness (QED) is 0.845. The zero-order valence-electron chi connectivity index (χ0n) is 11.7. The summed E-state index contributed by atoms with van der Waals surface area (Å²) in [7, 11) is 0. The number of halogens is 1. The van der Waals surface area contributed by atoms with Gasteiger partial charge in [0.05, 0.1) is 11.4 Å². The van der Waals surface area contributed by atoms with Gasteiger partial charge in [-0.05, 0) is 28.1 Å². The minimum absolute atomic E-state index is 0.117. The predicted molar refractivity (Wildman–Crippen MR) is 87.3 cm³/mol. The fourth-order valence-corrected chi connectivity index (χ4v) is 3.31. The summed E-state index contributed by atoms with van der Waals surface area (Å²) in [4.78, 5) is 20.5. The van der Waals surface area contributed by atoms with Crippen molar-refractivity contribution < 1.29 is 0 Å². The van der Waals surface area contributed by atoms with Gasteiger partial charge in [-0.3, -0.25) is 4.79 Å². The molecule has 1 aromatic carbocycles. The maximum Gasteiger partial charge on any atom is 0.265 e. The van der Waals surface area contributed by atoms with Gasteiger partial charge in [0, 0.05) is 10.3 Å². The molecule has 0 spiro atoms. The number of H-pyrrole nitrogens is 1. The van der Waals surface area contributed by atoms with E-state index in [2.05, 4.69) is 25.9 Å². The summed E-state index contributed by atoms with van der Waals surface area (Å²) in [6, 6.07) is 10.1. The van der Waals surface area contributed by atoms with Crippen LogP contribution in [0.5, 0.6) is 0 Å². The average Bonchev–Trinajstić information content (AvgIpc) is 2.40. The van der Waals surface area contributed by atoms with Gasteiger partial charge in [-0.2, -0.15) is 0 Å². The standard InChI is InChI=1S/C15H17BrN2OS/c1-15(2,3)13-12(16)14(19)18-11(17-13)9-20-10-7-5-4-6-8-10/h4-8H,9H2,1-3H3,(H,17,18,19). The zero-order valence-corrected chi connectivity index (χ0v) is 14.1. The van der Waals surface area contributed by atoms with Crippen LogP contribution in [0.1, 0.15) is 32.3 Å². The van der Waals surface area contributed by atoms with E-state index >= 15 is 0 Å². The fraction of sp³-hybridized carbons (Fsp3) is 0.333. The van der Waals surface area contributed by atoms with Crippen molar-refractivity contribution in [2.75, 3.05) is 0 Å². The van der Waals surface area contributed by atoms with E-state index in [4.69, 9.17) is 0 Å². The largest absolute Gasteiger partial charge is 0.309 e. The van der Waals surface area contributed by atoms with Gasteiger partial charge < -0.3 is 4.98 Å². The Morgan fingerprint density at radius 1 is 1.25 bits per heavy atom. The molecule has 2 rings (SSSR count). The summed E-state index contributed by atoms with van der Waals surface area (Å²) >= 11 is 4.99. The lowest BCUT2D eigenvalue weighted by Crippen LogP contribution is -2.23. The van der Waals surface area contributed by atoms with Gasteiger partial charge in [0.1, 0.15) is 10.3 Å². The van der Waals surface area contributed by atoms with E-state index in [0.29, 0.717) is 16.0 Å². The van der Waals surface area contributed by atoms with Crippen LogP contribution in [0.25, 0.3) is 0 Å². The lowest BCUT2D eigenvalue weighted by molar-refractivity contribution is 0.558. The molecule has 5 heteroatoms. The third-order valence-electron chi connectivity index (χ3n) is 2.74. The Balaban J connectivity index is 2.25. The number of hydrogen-bond donors (Lipinski definition) is 1. The molecular formula is C15H17BrN2OS. The Morgan fingerprint density at radius 2 is 1.90 bits per heavy atom. The second kappa shape index (κ2) is 6.14. The second-order valence-corrected chi connectivity index (χ2v) is 7.37. The summed E-state index contributed by atoms with van der Waals surface area (Å²) < 4.78 is 0.526. The van der Waals surface area contributed by atoms with E-state index in [-0.39, 0.29) is 11.0 Å². The van der Waals surface area contributed by atoms with E-state index < -0.39 is 0 Å². The van der Waals surface area contributed by atoms with Gasteiger partial charge in [0.25, 0.3) is 5.56 Å². The van der Waals surface area contributed by atoms with Gasteiger partial charge in [-0.1, -0.05) is 39.0 Å². The summed E-state index contributed by atoms with van der Waals surface area (Å²) in [5.74, 6) is 1.35. The third-order valence-corrected chi connectivity index (χ3v) is 4.50. The molecule has 0 unspecified atom stereocenters. The first-order valence-corrected chi connectivity index (χ1v) is 8.13.